The summed E-state index contributed by atoms with van der Waals surface area (Å²) in [6, 6.07) is 3.79. The van der Waals surface area contributed by atoms with E-state index in [1.807, 2.05) is 5.16 Å². The van der Waals surface area contributed by atoms with Gasteiger partial charge < -0.3 is 4.74 Å². The number of thiocarbonyl (C=S) groups is 1. The molecule has 14 heavy (non-hydrogen) atoms. The number of nitrogens with zero attached hydrogens (tertiary/aromatic N) is 1. The van der Waals surface area contributed by atoms with Crippen LogP contribution in [0.25, 0.3) is 0 Å². The highest BCUT2D eigenvalue weighted by Crippen LogP contribution is 2.17. The summed E-state index contributed by atoms with van der Waals surface area (Å²) in [4.78, 5) is 14.3. The largest absolute Gasteiger partial charge is 0.494 e. The van der Waals surface area contributed by atoms with Gasteiger partial charge in [-0.15, -0.1) is 0 Å². The number of carbonyl (C=O) groups is 1. The van der Waals surface area contributed by atoms with E-state index in [9.17, 15) is 9.18 Å². The molecule has 5 heteroatoms. The summed E-state index contributed by atoms with van der Waals surface area (Å²) in [5.74, 6) is -1.16. The molecule has 0 atom stereocenters. The third kappa shape index (κ3) is 2.22. The second-order valence-electron chi connectivity index (χ2n) is 2.36. The standard InChI is InChI=1S/C9H6FNO2S/c1-13-8-3-2-6(4-7(8)10)9(12)11-5-14/h2-4H,1H3. The number of isothiocyanates is 1. The highest BCUT2D eigenvalue weighted by atomic mass is 32.1. The van der Waals surface area contributed by atoms with Crippen LogP contribution in [0.2, 0.25) is 0 Å². The van der Waals surface area contributed by atoms with Gasteiger partial charge in [-0.05, 0) is 30.4 Å². The van der Waals surface area contributed by atoms with Crippen LogP contribution in [0.15, 0.2) is 23.2 Å². The zero-order chi connectivity index (χ0) is 10.6. The normalized spacial score (nSPS) is 9.00. The first kappa shape index (κ1) is 10.5. The van der Waals surface area contributed by atoms with Gasteiger partial charge in [0.05, 0.1) is 12.3 Å². The summed E-state index contributed by atoms with van der Waals surface area (Å²) in [5, 5.41) is 1.92. The topological polar surface area (TPSA) is 38.7 Å². The highest BCUT2D eigenvalue weighted by molar-refractivity contribution is 7.78. The molecule has 1 aromatic carbocycles. The van der Waals surface area contributed by atoms with Gasteiger partial charge in [-0.2, -0.15) is 4.99 Å². The van der Waals surface area contributed by atoms with Crippen LogP contribution in [0.5, 0.6) is 5.75 Å². The van der Waals surface area contributed by atoms with Gasteiger partial charge in [0, 0.05) is 5.56 Å². The molecular formula is C9H6FNO2S. The molecule has 0 aliphatic carbocycles. The number of rotatable bonds is 2. The van der Waals surface area contributed by atoms with Crippen molar-refractivity contribution in [3.05, 3.63) is 29.6 Å². The number of benzene rings is 1. The minimum Gasteiger partial charge on any atom is -0.494 e. The van der Waals surface area contributed by atoms with E-state index in [4.69, 9.17) is 0 Å². The number of amides is 1. The monoisotopic (exact) mass is 211 g/mol. The molecule has 72 valence electrons. The minimum absolute atomic E-state index is 0.0767. The predicted octanol–water partition coefficient (Wildman–Crippen LogP) is 2.08. The molecule has 0 saturated carbocycles. The van der Waals surface area contributed by atoms with Gasteiger partial charge in [0.25, 0.3) is 5.91 Å². The average molecular weight is 211 g/mol. The van der Waals surface area contributed by atoms with E-state index in [1.165, 1.54) is 19.2 Å². The van der Waals surface area contributed by atoms with Gasteiger partial charge in [-0.3, -0.25) is 4.79 Å². The van der Waals surface area contributed by atoms with Crippen LogP contribution >= 0.6 is 12.2 Å². The Balaban J connectivity index is 3.08. The first-order chi connectivity index (χ1) is 6.69. The highest BCUT2D eigenvalue weighted by Gasteiger charge is 2.08. The van der Waals surface area contributed by atoms with Gasteiger partial charge in [-0.25, -0.2) is 4.39 Å². The Kier molecular flexibility index (Phi) is 3.45. The Morgan fingerprint density at radius 1 is 1.64 bits per heavy atom. The first-order valence-electron chi connectivity index (χ1n) is 3.64. The minimum atomic E-state index is -0.624. The van der Waals surface area contributed by atoms with E-state index < -0.39 is 11.7 Å². The molecule has 0 fully saturated rings. The van der Waals surface area contributed by atoms with Crippen molar-refractivity contribution in [1.82, 2.24) is 0 Å². The summed E-state index contributed by atoms with van der Waals surface area (Å²) >= 11 is 4.25. The Morgan fingerprint density at radius 3 is 2.86 bits per heavy atom. The van der Waals surface area contributed by atoms with Crippen LogP contribution < -0.4 is 4.74 Å². The fraction of sp³-hybridized carbons (Fsp3) is 0.111. The zero-order valence-corrected chi connectivity index (χ0v) is 8.10. The number of aliphatic imine (C=N–C) groups is 1. The Bertz CT molecular complexity index is 413. The van der Waals surface area contributed by atoms with Crippen LogP contribution in [0, 0.1) is 5.82 Å². The Labute approximate surface area is 85.2 Å². The summed E-state index contributed by atoms with van der Waals surface area (Å²) in [5.41, 5.74) is 0.112. The molecule has 1 aromatic rings. The molecular weight excluding hydrogens is 205 g/mol. The summed E-state index contributed by atoms with van der Waals surface area (Å²) in [6.45, 7) is 0. The maximum Gasteiger partial charge on any atom is 0.285 e. The molecule has 1 rings (SSSR count). The Morgan fingerprint density at radius 2 is 2.36 bits per heavy atom. The fourth-order valence-electron chi connectivity index (χ4n) is 0.905. The molecule has 0 saturated heterocycles. The third-order valence-electron chi connectivity index (χ3n) is 1.55. The van der Waals surface area contributed by atoms with Crippen molar-refractivity contribution >= 4 is 23.3 Å². The van der Waals surface area contributed by atoms with E-state index >= 15 is 0 Å². The molecule has 0 N–H and O–H groups in total. The van der Waals surface area contributed by atoms with Gasteiger partial charge in [0.1, 0.15) is 0 Å². The van der Waals surface area contributed by atoms with E-state index in [1.54, 1.807) is 0 Å². The van der Waals surface area contributed by atoms with Crippen molar-refractivity contribution in [2.45, 2.75) is 0 Å². The first-order valence-corrected chi connectivity index (χ1v) is 4.05. The van der Waals surface area contributed by atoms with Crippen molar-refractivity contribution in [3.63, 3.8) is 0 Å². The summed E-state index contributed by atoms with van der Waals surface area (Å²) < 4.78 is 17.8. The van der Waals surface area contributed by atoms with E-state index in [2.05, 4.69) is 21.9 Å². The number of hydrogen-bond donors (Lipinski definition) is 0. The molecule has 0 heterocycles. The Hall–Kier alpha value is -1.58. The van der Waals surface area contributed by atoms with Crippen molar-refractivity contribution < 1.29 is 13.9 Å². The number of ether oxygens (including phenoxy) is 1. The van der Waals surface area contributed by atoms with Crippen molar-refractivity contribution in [1.29, 1.82) is 0 Å². The van der Waals surface area contributed by atoms with Gasteiger partial charge >= 0.3 is 0 Å². The second kappa shape index (κ2) is 4.60. The lowest BCUT2D eigenvalue weighted by Crippen LogP contribution is -1.96. The van der Waals surface area contributed by atoms with E-state index in [-0.39, 0.29) is 11.3 Å². The third-order valence-corrected chi connectivity index (χ3v) is 1.64. The van der Waals surface area contributed by atoms with E-state index in [0.29, 0.717) is 0 Å². The maximum atomic E-state index is 13.1. The van der Waals surface area contributed by atoms with Crippen molar-refractivity contribution in [2.75, 3.05) is 7.11 Å². The molecule has 0 aliphatic rings. The maximum absolute atomic E-state index is 13.1. The lowest BCUT2D eigenvalue weighted by Gasteiger charge is -2.01. The van der Waals surface area contributed by atoms with Crippen LogP contribution in [-0.2, 0) is 0 Å². The van der Waals surface area contributed by atoms with Crippen LogP contribution in [-0.4, -0.2) is 18.2 Å². The van der Waals surface area contributed by atoms with Gasteiger partial charge in [0.15, 0.2) is 11.6 Å². The molecule has 0 aliphatic heterocycles. The van der Waals surface area contributed by atoms with Crippen molar-refractivity contribution in [2.24, 2.45) is 4.99 Å². The lowest BCUT2D eigenvalue weighted by atomic mass is 10.2. The molecule has 0 radical (unpaired) electrons. The van der Waals surface area contributed by atoms with E-state index in [0.717, 1.165) is 6.07 Å². The summed E-state index contributed by atoms with van der Waals surface area (Å²) in [7, 11) is 1.34. The van der Waals surface area contributed by atoms with Crippen LogP contribution in [0.1, 0.15) is 10.4 Å². The number of methoxy groups -OCH3 is 1. The number of hydrogen-bond acceptors (Lipinski definition) is 3. The second-order valence-corrected chi connectivity index (χ2v) is 2.54. The van der Waals surface area contributed by atoms with Gasteiger partial charge in [0.2, 0.25) is 0 Å². The molecule has 0 unspecified atom stereocenters. The van der Waals surface area contributed by atoms with Gasteiger partial charge in [-0.1, -0.05) is 0 Å². The lowest BCUT2D eigenvalue weighted by molar-refractivity contribution is 0.100. The summed E-state index contributed by atoms with van der Waals surface area (Å²) in [6.07, 6.45) is 0. The number of halogens is 1. The molecule has 0 spiro atoms. The van der Waals surface area contributed by atoms with Crippen LogP contribution in [0.3, 0.4) is 0 Å². The number of carbonyl (C=O) groups excluding carboxylic acids is 1. The molecule has 3 nitrogen and oxygen atoms in total. The van der Waals surface area contributed by atoms with Crippen LogP contribution in [0.4, 0.5) is 4.39 Å². The fourth-order valence-corrected chi connectivity index (χ4v) is 0.988. The zero-order valence-electron chi connectivity index (χ0n) is 7.28. The molecule has 0 aromatic heterocycles. The van der Waals surface area contributed by atoms with Crippen molar-refractivity contribution in [3.8, 4) is 5.75 Å². The molecule has 0 bridgehead atoms. The smallest absolute Gasteiger partial charge is 0.285 e. The predicted molar refractivity (Wildman–Crippen MR) is 52.3 cm³/mol. The quantitative estimate of drug-likeness (QED) is 0.555. The average Bonchev–Trinajstić information content (AvgIpc) is 2.18. The SMILES string of the molecule is COc1ccc(C(=O)N=C=S)cc1F. The molecule has 1 amide bonds.